The Morgan fingerprint density at radius 1 is 1.44 bits per heavy atom. The van der Waals surface area contributed by atoms with Gasteiger partial charge in [-0.15, -0.1) is 0 Å². The molecule has 0 fully saturated rings. The Bertz CT molecular complexity index is 370. The number of para-hydroxylation sites is 1. The Morgan fingerprint density at radius 2 is 2.19 bits per heavy atom. The molecule has 0 aliphatic heterocycles. The summed E-state index contributed by atoms with van der Waals surface area (Å²) in [5, 5.41) is 10.7. The van der Waals surface area contributed by atoms with E-state index in [0.29, 0.717) is 17.7 Å². The van der Waals surface area contributed by atoms with E-state index in [1.165, 1.54) is 6.07 Å². The minimum atomic E-state index is -0.471. The molecule has 16 heavy (non-hydrogen) atoms. The standard InChI is InChI=1S/C10H12BrNO4/c1-2-15-6-7-16-10-8(11)4-3-5-9(10)12(13)14/h3-5H,2,6-7H2,1H3. The smallest absolute Gasteiger partial charge is 0.312 e. The fraction of sp³-hybridized carbons (Fsp3) is 0.400. The SMILES string of the molecule is CCOCCOc1c(Br)cccc1[N+](=O)[O-]. The van der Waals surface area contributed by atoms with Crippen LogP contribution >= 0.6 is 15.9 Å². The van der Waals surface area contributed by atoms with Crippen molar-refractivity contribution in [3.8, 4) is 5.75 Å². The highest BCUT2D eigenvalue weighted by Crippen LogP contribution is 2.34. The zero-order chi connectivity index (χ0) is 12.0. The third-order valence-corrected chi connectivity index (χ3v) is 2.45. The van der Waals surface area contributed by atoms with Crippen LogP contribution < -0.4 is 4.74 Å². The molecule has 1 aromatic rings. The molecule has 0 aliphatic carbocycles. The van der Waals surface area contributed by atoms with Gasteiger partial charge in [0.1, 0.15) is 6.61 Å². The second kappa shape index (κ2) is 6.44. The first-order valence-corrected chi connectivity index (χ1v) is 5.59. The number of halogens is 1. The summed E-state index contributed by atoms with van der Waals surface area (Å²) in [6.07, 6.45) is 0. The van der Waals surface area contributed by atoms with Crippen molar-refractivity contribution in [2.24, 2.45) is 0 Å². The maximum Gasteiger partial charge on any atom is 0.312 e. The topological polar surface area (TPSA) is 61.6 Å². The summed E-state index contributed by atoms with van der Waals surface area (Å²) in [7, 11) is 0. The molecule has 88 valence electrons. The van der Waals surface area contributed by atoms with Gasteiger partial charge in [0.2, 0.25) is 5.75 Å². The Morgan fingerprint density at radius 3 is 2.81 bits per heavy atom. The fourth-order valence-electron chi connectivity index (χ4n) is 1.13. The van der Waals surface area contributed by atoms with Crippen molar-refractivity contribution in [1.82, 2.24) is 0 Å². The highest BCUT2D eigenvalue weighted by molar-refractivity contribution is 9.10. The Balaban J connectivity index is 2.73. The van der Waals surface area contributed by atoms with Crippen molar-refractivity contribution >= 4 is 21.6 Å². The summed E-state index contributed by atoms with van der Waals surface area (Å²) in [5.74, 6) is 0.243. The molecule has 0 saturated carbocycles. The highest BCUT2D eigenvalue weighted by Gasteiger charge is 2.17. The van der Waals surface area contributed by atoms with Crippen molar-refractivity contribution in [3.63, 3.8) is 0 Å². The Hall–Kier alpha value is -1.14. The lowest BCUT2D eigenvalue weighted by atomic mass is 10.3. The van der Waals surface area contributed by atoms with Crippen LogP contribution in [0.2, 0.25) is 0 Å². The molecule has 0 heterocycles. The number of nitro benzene ring substituents is 1. The lowest BCUT2D eigenvalue weighted by Gasteiger charge is -2.08. The number of nitro groups is 1. The molecular formula is C10H12BrNO4. The molecule has 0 atom stereocenters. The molecule has 1 rings (SSSR count). The van der Waals surface area contributed by atoms with Crippen LogP contribution in [0.5, 0.6) is 5.75 Å². The first-order valence-electron chi connectivity index (χ1n) is 4.80. The van der Waals surface area contributed by atoms with Gasteiger partial charge in [-0.05, 0) is 28.9 Å². The Kier molecular flexibility index (Phi) is 5.21. The van der Waals surface area contributed by atoms with Crippen LogP contribution in [0.25, 0.3) is 0 Å². The summed E-state index contributed by atoms with van der Waals surface area (Å²) in [5.41, 5.74) is -0.0501. The van der Waals surface area contributed by atoms with Crippen molar-refractivity contribution in [2.75, 3.05) is 19.8 Å². The molecular weight excluding hydrogens is 278 g/mol. The quantitative estimate of drug-likeness (QED) is 0.459. The molecule has 0 N–H and O–H groups in total. The van der Waals surface area contributed by atoms with Crippen LogP contribution in [0.15, 0.2) is 22.7 Å². The van der Waals surface area contributed by atoms with Crippen LogP contribution in [-0.4, -0.2) is 24.7 Å². The maximum absolute atomic E-state index is 10.7. The van der Waals surface area contributed by atoms with E-state index in [4.69, 9.17) is 9.47 Å². The number of hydrogen-bond donors (Lipinski definition) is 0. The zero-order valence-electron chi connectivity index (χ0n) is 8.81. The first kappa shape index (κ1) is 12.9. The van der Waals surface area contributed by atoms with Gasteiger partial charge in [0, 0.05) is 12.7 Å². The van der Waals surface area contributed by atoms with Crippen LogP contribution in [0.1, 0.15) is 6.92 Å². The van der Waals surface area contributed by atoms with Gasteiger partial charge in [-0.2, -0.15) is 0 Å². The zero-order valence-corrected chi connectivity index (χ0v) is 10.4. The molecule has 0 bridgehead atoms. The summed E-state index contributed by atoms with van der Waals surface area (Å²) in [4.78, 5) is 10.3. The summed E-state index contributed by atoms with van der Waals surface area (Å²) >= 11 is 3.21. The minimum Gasteiger partial charge on any atom is -0.484 e. The summed E-state index contributed by atoms with van der Waals surface area (Å²) in [6, 6.07) is 4.70. The van der Waals surface area contributed by atoms with Crippen molar-refractivity contribution < 1.29 is 14.4 Å². The number of benzene rings is 1. The minimum absolute atomic E-state index is 0.0501. The van der Waals surface area contributed by atoms with Gasteiger partial charge in [0.25, 0.3) is 0 Å². The van der Waals surface area contributed by atoms with Gasteiger partial charge in [-0.3, -0.25) is 10.1 Å². The van der Waals surface area contributed by atoms with Crippen molar-refractivity contribution in [2.45, 2.75) is 6.92 Å². The number of ether oxygens (including phenoxy) is 2. The van der Waals surface area contributed by atoms with Crippen LogP contribution in [0.3, 0.4) is 0 Å². The van der Waals surface area contributed by atoms with Crippen LogP contribution in [-0.2, 0) is 4.74 Å². The van der Waals surface area contributed by atoms with Gasteiger partial charge in [-0.25, -0.2) is 0 Å². The predicted octanol–water partition coefficient (Wildman–Crippen LogP) is 2.77. The number of hydrogen-bond acceptors (Lipinski definition) is 4. The molecule has 1 aromatic carbocycles. The molecule has 0 unspecified atom stereocenters. The van der Waals surface area contributed by atoms with Crippen molar-refractivity contribution in [3.05, 3.63) is 32.8 Å². The molecule has 0 aromatic heterocycles. The molecule has 5 nitrogen and oxygen atoms in total. The van der Waals surface area contributed by atoms with Gasteiger partial charge in [0.15, 0.2) is 0 Å². The van der Waals surface area contributed by atoms with Crippen LogP contribution in [0, 0.1) is 10.1 Å². The van der Waals surface area contributed by atoms with Gasteiger partial charge in [0.05, 0.1) is 16.0 Å². The average molecular weight is 290 g/mol. The van der Waals surface area contributed by atoms with E-state index in [0.717, 1.165) is 0 Å². The molecule has 6 heteroatoms. The average Bonchev–Trinajstić information content (AvgIpc) is 2.25. The number of rotatable bonds is 6. The van der Waals surface area contributed by atoms with Gasteiger partial charge in [-0.1, -0.05) is 6.07 Å². The fourth-order valence-corrected chi connectivity index (χ4v) is 1.60. The molecule has 0 amide bonds. The molecule has 0 saturated heterocycles. The normalized spacial score (nSPS) is 10.1. The molecule has 0 aliphatic rings. The maximum atomic E-state index is 10.7. The largest absolute Gasteiger partial charge is 0.484 e. The first-order chi connectivity index (χ1) is 7.66. The van der Waals surface area contributed by atoms with E-state index in [1.807, 2.05) is 6.92 Å². The van der Waals surface area contributed by atoms with E-state index in [-0.39, 0.29) is 18.0 Å². The Labute approximate surface area is 102 Å². The lowest BCUT2D eigenvalue weighted by molar-refractivity contribution is -0.386. The third-order valence-electron chi connectivity index (χ3n) is 1.82. The van der Waals surface area contributed by atoms with E-state index in [1.54, 1.807) is 12.1 Å². The van der Waals surface area contributed by atoms with E-state index >= 15 is 0 Å². The van der Waals surface area contributed by atoms with E-state index < -0.39 is 4.92 Å². The third kappa shape index (κ3) is 3.46. The van der Waals surface area contributed by atoms with Crippen molar-refractivity contribution in [1.29, 1.82) is 0 Å². The van der Waals surface area contributed by atoms with E-state index in [2.05, 4.69) is 15.9 Å². The lowest BCUT2D eigenvalue weighted by Crippen LogP contribution is -2.07. The molecule has 0 radical (unpaired) electrons. The second-order valence-corrected chi connectivity index (χ2v) is 3.74. The number of nitrogens with zero attached hydrogens (tertiary/aromatic N) is 1. The van der Waals surface area contributed by atoms with E-state index in [9.17, 15) is 10.1 Å². The van der Waals surface area contributed by atoms with Gasteiger partial charge >= 0.3 is 5.69 Å². The van der Waals surface area contributed by atoms with Crippen LogP contribution in [0.4, 0.5) is 5.69 Å². The second-order valence-electron chi connectivity index (χ2n) is 2.89. The monoisotopic (exact) mass is 289 g/mol. The molecule has 0 spiro atoms. The predicted molar refractivity (Wildman–Crippen MR) is 62.8 cm³/mol. The van der Waals surface area contributed by atoms with Gasteiger partial charge < -0.3 is 9.47 Å². The summed E-state index contributed by atoms with van der Waals surface area (Å²) < 4.78 is 11.0. The summed E-state index contributed by atoms with van der Waals surface area (Å²) in [6.45, 7) is 3.18. The highest BCUT2D eigenvalue weighted by atomic mass is 79.9.